The van der Waals surface area contributed by atoms with Crippen LogP contribution in [0.5, 0.6) is 0 Å². The highest BCUT2D eigenvalue weighted by Gasteiger charge is 2.01. The number of rotatable bonds is 4. The largest absolute Gasteiger partial charge is 0.399 e. The Labute approximate surface area is 82.0 Å². The quantitative estimate of drug-likeness (QED) is 0.658. The van der Waals surface area contributed by atoms with Crippen molar-refractivity contribution in [2.24, 2.45) is 11.7 Å². The van der Waals surface area contributed by atoms with Crippen molar-refractivity contribution in [2.75, 3.05) is 0 Å². The van der Waals surface area contributed by atoms with Crippen molar-refractivity contribution in [3.63, 3.8) is 0 Å². The molecule has 0 saturated heterocycles. The monoisotopic (exact) mass is 179 g/mol. The molecule has 0 saturated carbocycles. The maximum Gasteiger partial charge on any atom is 0.0345 e. The molecule has 0 aliphatic rings. The van der Waals surface area contributed by atoms with Gasteiger partial charge in [-0.3, -0.25) is 0 Å². The Hall–Kier alpha value is -0.980. The Balaban J connectivity index is 4.77. The predicted octanol–water partition coefficient (Wildman–Crippen LogP) is 3.40. The Morgan fingerprint density at radius 1 is 1.31 bits per heavy atom. The zero-order valence-corrected chi connectivity index (χ0v) is 9.17. The topological polar surface area (TPSA) is 26.0 Å². The third kappa shape index (κ3) is 4.56. The van der Waals surface area contributed by atoms with E-state index in [9.17, 15) is 0 Å². The first-order valence-corrected chi connectivity index (χ1v) is 4.92. The van der Waals surface area contributed by atoms with Gasteiger partial charge in [-0.25, -0.2) is 0 Å². The van der Waals surface area contributed by atoms with Gasteiger partial charge in [0.15, 0.2) is 0 Å². The molecule has 0 heterocycles. The van der Waals surface area contributed by atoms with E-state index in [0.717, 1.165) is 12.1 Å². The first kappa shape index (κ1) is 12.0. The van der Waals surface area contributed by atoms with Crippen molar-refractivity contribution < 1.29 is 0 Å². The second-order valence-electron chi connectivity index (χ2n) is 3.38. The Bertz CT molecular complexity index is 219. The fourth-order valence-corrected chi connectivity index (χ4v) is 1.14. The van der Waals surface area contributed by atoms with Crippen LogP contribution in [0.15, 0.2) is 35.6 Å². The maximum atomic E-state index is 5.91. The summed E-state index contributed by atoms with van der Waals surface area (Å²) in [6.07, 6.45) is 9.25. The summed E-state index contributed by atoms with van der Waals surface area (Å²) in [6.45, 7) is 8.42. The average Bonchev–Trinajstić information content (AvgIpc) is 2.05. The van der Waals surface area contributed by atoms with Gasteiger partial charge in [0.25, 0.3) is 0 Å². The summed E-state index contributed by atoms with van der Waals surface area (Å²) >= 11 is 0. The van der Waals surface area contributed by atoms with E-state index < -0.39 is 0 Å². The van der Waals surface area contributed by atoms with Crippen LogP contribution in [-0.2, 0) is 0 Å². The average molecular weight is 179 g/mol. The van der Waals surface area contributed by atoms with Crippen LogP contribution in [0.25, 0.3) is 0 Å². The lowest BCUT2D eigenvalue weighted by atomic mass is 10.00. The summed E-state index contributed by atoms with van der Waals surface area (Å²) in [6, 6.07) is 0. The smallest absolute Gasteiger partial charge is 0.0345 e. The van der Waals surface area contributed by atoms with Crippen LogP contribution in [0.2, 0.25) is 0 Å². The van der Waals surface area contributed by atoms with E-state index in [2.05, 4.69) is 32.9 Å². The number of allylic oxidation sites excluding steroid dienone is 5. The van der Waals surface area contributed by atoms with Crippen molar-refractivity contribution in [1.82, 2.24) is 0 Å². The van der Waals surface area contributed by atoms with Crippen molar-refractivity contribution in [3.8, 4) is 0 Å². The van der Waals surface area contributed by atoms with E-state index in [1.165, 1.54) is 5.57 Å². The summed E-state index contributed by atoms with van der Waals surface area (Å²) in [5, 5.41) is 0. The second kappa shape index (κ2) is 6.53. The van der Waals surface area contributed by atoms with E-state index in [-0.39, 0.29) is 0 Å². The number of hydrogen-bond donors (Lipinski definition) is 1. The van der Waals surface area contributed by atoms with Gasteiger partial charge < -0.3 is 5.73 Å². The molecule has 0 aliphatic heterocycles. The molecular weight excluding hydrogens is 158 g/mol. The molecule has 0 unspecified atom stereocenters. The fraction of sp³-hybridized carbons (Fsp3) is 0.500. The first-order valence-electron chi connectivity index (χ1n) is 4.92. The molecule has 0 atom stereocenters. The molecule has 1 heteroatoms. The SMILES string of the molecule is C\C=C/C(N)=C(/C=C\CC)C(C)C. The van der Waals surface area contributed by atoms with E-state index in [1.807, 2.05) is 19.1 Å². The van der Waals surface area contributed by atoms with E-state index in [1.54, 1.807) is 0 Å². The normalized spacial score (nSPS) is 14.5. The lowest BCUT2D eigenvalue weighted by Gasteiger charge is -2.08. The van der Waals surface area contributed by atoms with Crippen molar-refractivity contribution in [3.05, 3.63) is 35.6 Å². The third-order valence-corrected chi connectivity index (χ3v) is 1.83. The molecule has 74 valence electrons. The van der Waals surface area contributed by atoms with Gasteiger partial charge in [-0.1, -0.05) is 39.0 Å². The van der Waals surface area contributed by atoms with Gasteiger partial charge in [-0.05, 0) is 30.9 Å². The van der Waals surface area contributed by atoms with Crippen LogP contribution in [-0.4, -0.2) is 0 Å². The predicted molar refractivity (Wildman–Crippen MR) is 60.3 cm³/mol. The molecule has 2 N–H and O–H groups in total. The summed E-state index contributed by atoms with van der Waals surface area (Å²) in [5.74, 6) is 0.485. The molecule has 0 aromatic carbocycles. The van der Waals surface area contributed by atoms with Crippen LogP contribution in [0.3, 0.4) is 0 Å². The zero-order chi connectivity index (χ0) is 10.3. The zero-order valence-electron chi connectivity index (χ0n) is 9.17. The number of nitrogens with two attached hydrogens (primary N) is 1. The van der Waals surface area contributed by atoms with E-state index in [0.29, 0.717) is 5.92 Å². The van der Waals surface area contributed by atoms with Crippen LogP contribution in [0, 0.1) is 5.92 Å². The Morgan fingerprint density at radius 3 is 2.31 bits per heavy atom. The van der Waals surface area contributed by atoms with Gasteiger partial charge >= 0.3 is 0 Å². The van der Waals surface area contributed by atoms with Gasteiger partial charge in [-0.15, -0.1) is 0 Å². The van der Waals surface area contributed by atoms with E-state index >= 15 is 0 Å². The lowest BCUT2D eigenvalue weighted by molar-refractivity contribution is 0.780. The van der Waals surface area contributed by atoms with Gasteiger partial charge in [0.2, 0.25) is 0 Å². The van der Waals surface area contributed by atoms with Gasteiger partial charge in [-0.2, -0.15) is 0 Å². The molecule has 0 bridgehead atoms. The standard InChI is InChI=1S/C12H21N/c1-5-7-9-11(10(3)4)12(13)8-6-2/h6-10H,5,13H2,1-4H3/b8-6-,9-7-,12-11+. The fourth-order valence-electron chi connectivity index (χ4n) is 1.14. The molecule has 0 aromatic rings. The van der Waals surface area contributed by atoms with Crippen molar-refractivity contribution in [2.45, 2.75) is 34.1 Å². The highest BCUT2D eigenvalue weighted by molar-refractivity contribution is 5.32. The van der Waals surface area contributed by atoms with Gasteiger partial charge in [0.1, 0.15) is 0 Å². The molecule has 0 radical (unpaired) electrons. The minimum Gasteiger partial charge on any atom is -0.399 e. The highest BCUT2D eigenvalue weighted by Crippen LogP contribution is 2.14. The van der Waals surface area contributed by atoms with Crippen LogP contribution in [0.1, 0.15) is 34.1 Å². The number of hydrogen-bond acceptors (Lipinski definition) is 1. The summed E-state index contributed by atoms with van der Waals surface area (Å²) < 4.78 is 0. The molecule has 0 aliphatic carbocycles. The van der Waals surface area contributed by atoms with Gasteiger partial charge in [0.05, 0.1) is 0 Å². The maximum absolute atomic E-state index is 5.91. The highest BCUT2D eigenvalue weighted by atomic mass is 14.6. The van der Waals surface area contributed by atoms with E-state index in [4.69, 9.17) is 5.73 Å². The molecule has 0 fully saturated rings. The molecule has 0 rings (SSSR count). The van der Waals surface area contributed by atoms with Gasteiger partial charge in [0, 0.05) is 5.70 Å². The molecule has 13 heavy (non-hydrogen) atoms. The summed E-state index contributed by atoms with van der Waals surface area (Å²) in [5.41, 5.74) is 8.01. The summed E-state index contributed by atoms with van der Waals surface area (Å²) in [4.78, 5) is 0. The lowest BCUT2D eigenvalue weighted by Crippen LogP contribution is -2.03. The van der Waals surface area contributed by atoms with Crippen molar-refractivity contribution >= 4 is 0 Å². The van der Waals surface area contributed by atoms with Crippen molar-refractivity contribution in [1.29, 1.82) is 0 Å². The first-order chi connectivity index (χ1) is 6.13. The van der Waals surface area contributed by atoms with Crippen LogP contribution < -0.4 is 5.73 Å². The Morgan fingerprint density at radius 2 is 1.92 bits per heavy atom. The minimum atomic E-state index is 0.485. The molecule has 0 spiro atoms. The van der Waals surface area contributed by atoms with Crippen LogP contribution in [0.4, 0.5) is 0 Å². The Kier molecular flexibility index (Phi) is 6.03. The molecule has 1 nitrogen and oxygen atoms in total. The van der Waals surface area contributed by atoms with Crippen LogP contribution >= 0.6 is 0 Å². The third-order valence-electron chi connectivity index (χ3n) is 1.83. The minimum absolute atomic E-state index is 0.485. The summed E-state index contributed by atoms with van der Waals surface area (Å²) in [7, 11) is 0. The molecule has 0 aromatic heterocycles. The molecule has 0 amide bonds. The second-order valence-corrected chi connectivity index (χ2v) is 3.38. The molecular formula is C12H21N.